The molecular weight excluding hydrogens is 202 g/mol. The van der Waals surface area contributed by atoms with Gasteiger partial charge in [0, 0.05) is 16.8 Å². The molecule has 0 spiro atoms. The molecule has 2 rings (SSSR count). The first-order valence-corrected chi connectivity index (χ1v) is 5.39. The van der Waals surface area contributed by atoms with Crippen molar-refractivity contribution >= 4 is 20.9 Å². The van der Waals surface area contributed by atoms with E-state index in [0.717, 1.165) is 5.39 Å². The van der Waals surface area contributed by atoms with Crippen LogP contribution < -0.4 is 4.98 Å². The first-order chi connectivity index (χ1) is 6.59. The Morgan fingerprint density at radius 2 is 2.00 bits per heavy atom. The summed E-state index contributed by atoms with van der Waals surface area (Å²) in [7, 11) is -4.14. The Morgan fingerprint density at radius 3 is 2.71 bits per heavy atom. The molecule has 0 aliphatic heterocycles. The molecule has 72 valence electrons. The van der Waals surface area contributed by atoms with Crippen molar-refractivity contribution in [1.82, 2.24) is 0 Å². The lowest BCUT2D eigenvalue weighted by molar-refractivity contribution is -0.375. The van der Waals surface area contributed by atoms with Gasteiger partial charge in [-0.15, -0.1) is 0 Å². The first kappa shape index (κ1) is 9.11. The number of H-pyrrole nitrogens is 1. The monoisotopic (exact) mass is 210 g/mol. The van der Waals surface area contributed by atoms with Crippen LogP contribution in [0, 0.1) is 0 Å². The van der Waals surface area contributed by atoms with Crippen LogP contribution in [0.2, 0.25) is 0 Å². The summed E-state index contributed by atoms with van der Waals surface area (Å²) in [5.74, 6) is 0. The number of aromatic nitrogens is 1. The van der Waals surface area contributed by atoms with Gasteiger partial charge in [0.25, 0.3) is 10.1 Å². The number of fused-ring (bicyclic) bond motifs is 1. The fraction of sp³-hybridized carbons (Fsp3) is 0. The zero-order valence-corrected chi connectivity index (χ0v) is 7.95. The Balaban J connectivity index is 2.92. The van der Waals surface area contributed by atoms with Gasteiger partial charge in [-0.3, -0.25) is 4.55 Å². The van der Waals surface area contributed by atoms with E-state index in [2.05, 4.69) is 4.98 Å². The van der Waals surface area contributed by atoms with E-state index in [1.807, 2.05) is 0 Å². The molecule has 5 heteroatoms. The largest absolute Gasteiger partial charge is 0.295 e. The molecule has 1 aromatic carbocycles. The molecule has 0 aliphatic carbocycles. The van der Waals surface area contributed by atoms with Crippen molar-refractivity contribution in [3.8, 4) is 0 Å². The van der Waals surface area contributed by atoms with Crippen molar-refractivity contribution in [3.63, 3.8) is 0 Å². The van der Waals surface area contributed by atoms with E-state index in [0.29, 0.717) is 5.39 Å². The van der Waals surface area contributed by atoms with Gasteiger partial charge in [-0.2, -0.15) is 8.42 Å². The maximum absolute atomic E-state index is 11.0. The second-order valence-electron chi connectivity index (χ2n) is 2.88. The van der Waals surface area contributed by atoms with Crippen LogP contribution in [-0.2, 0) is 10.1 Å². The highest BCUT2D eigenvalue weighted by Crippen LogP contribution is 2.20. The highest BCUT2D eigenvalue weighted by atomic mass is 32.2. The van der Waals surface area contributed by atoms with Gasteiger partial charge < -0.3 is 0 Å². The normalized spacial score (nSPS) is 11.8. The summed E-state index contributed by atoms with van der Waals surface area (Å²) in [6.07, 6.45) is 3.28. The summed E-state index contributed by atoms with van der Waals surface area (Å²) in [5, 5.41) is 1.25. The summed E-state index contributed by atoms with van der Waals surface area (Å²) < 4.78 is 30.9. The van der Waals surface area contributed by atoms with E-state index >= 15 is 0 Å². The number of aromatic amines is 1. The van der Waals surface area contributed by atoms with Crippen molar-refractivity contribution in [2.45, 2.75) is 4.90 Å². The van der Waals surface area contributed by atoms with Crippen LogP contribution in [0.3, 0.4) is 0 Å². The molecule has 2 aromatic rings. The van der Waals surface area contributed by atoms with E-state index in [-0.39, 0.29) is 4.90 Å². The van der Waals surface area contributed by atoms with Gasteiger partial charge in [0.05, 0.1) is 0 Å². The fourth-order valence-corrected chi connectivity index (χ4v) is 2.07. The number of benzene rings is 1. The fourth-order valence-electron chi connectivity index (χ4n) is 1.36. The standard InChI is InChI=1S/C9H7NO3S/c11-14(12,13)9-3-1-2-7-6-10-5-4-8(7)9/h1-6H,(H,11,12,13)/p+1. The van der Waals surface area contributed by atoms with E-state index in [1.54, 1.807) is 30.6 Å². The third-order valence-electron chi connectivity index (χ3n) is 1.96. The first-order valence-electron chi connectivity index (χ1n) is 3.95. The lowest BCUT2D eigenvalue weighted by atomic mass is 10.2. The van der Waals surface area contributed by atoms with Crippen molar-refractivity contribution in [2.75, 3.05) is 0 Å². The minimum Gasteiger partial charge on any atom is -0.282 e. The summed E-state index contributed by atoms with van der Waals surface area (Å²) in [6.45, 7) is 0. The number of pyridine rings is 1. The predicted molar refractivity (Wildman–Crippen MR) is 50.3 cm³/mol. The summed E-state index contributed by atoms with van der Waals surface area (Å²) >= 11 is 0. The topological polar surface area (TPSA) is 68.5 Å². The van der Waals surface area contributed by atoms with Crippen LogP contribution in [0.15, 0.2) is 41.6 Å². The second kappa shape index (κ2) is 3.04. The van der Waals surface area contributed by atoms with Crippen molar-refractivity contribution in [3.05, 3.63) is 36.7 Å². The molecule has 1 aromatic heterocycles. The molecule has 0 aliphatic rings. The zero-order valence-electron chi connectivity index (χ0n) is 7.14. The predicted octanol–water partition coefficient (Wildman–Crippen LogP) is 0.901. The average molecular weight is 210 g/mol. The van der Waals surface area contributed by atoms with Crippen LogP contribution >= 0.6 is 0 Å². The molecule has 0 unspecified atom stereocenters. The Kier molecular flexibility index (Phi) is 1.98. The molecule has 0 saturated heterocycles. The molecule has 0 bridgehead atoms. The minimum atomic E-state index is -4.14. The Bertz CT molecular complexity index is 572. The van der Waals surface area contributed by atoms with Crippen LogP contribution in [0.1, 0.15) is 0 Å². The van der Waals surface area contributed by atoms with Gasteiger partial charge >= 0.3 is 0 Å². The highest BCUT2D eigenvalue weighted by molar-refractivity contribution is 7.86. The smallest absolute Gasteiger partial charge is 0.282 e. The number of hydrogen-bond acceptors (Lipinski definition) is 2. The molecule has 4 nitrogen and oxygen atoms in total. The van der Waals surface area contributed by atoms with Crippen molar-refractivity contribution in [1.29, 1.82) is 0 Å². The molecule has 14 heavy (non-hydrogen) atoms. The van der Waals surface area contributed by atoms with E-state index in [1.165, 1.54) is 6.07 Å². The molecule has 2 N–H and O–H groups in total. The number of nitrogens with one attached hydrogen (secondary N) is 1. The molecule has 0 amide bonds. The van der Waals surface area contributed by atoms with Crippen molar-refractivity contribution < 1.29 is 18.0 Å². The van der Waals surface area contributed by atoms with Gasteiger partial charge in [-0.1, -0.05) is 6.07 Å². The van der Waals surface area contributed by atoms with Crippen LogP contribution in [0.25, 0.3) is 10.8 Å². The van der Waals surface area contributed by atoms with Gasteiger partial charge in [0.15, 0.2) is 12.4 Å². The molecule has 0 atom stereocenters. The highest BCUT2D eigenvalue weighted by Gasteiger charge is 2.13. The zero-order chi connectivity index (χ0) is 10.2. The molecule has 1 heterocycles. The molecular formula is C9H8NO3S+. The SMILES string of the molecule is O=S(=O)(O)c1cccc2c[nH+]ccc12. The quantitative estimate of drug-likeness (QED) is 0.711. The Morgan fingerprint density at radius 1 is 1.21 bits per heavy atom. The maximum Gasteiger partial charge on any atom is 0.295 e. The average Bonchev–Trinajstić information content (AvgIpc) is 2.15. The summed E-state index contributed by atoms with van der Waals surface area (Å²) in [6, 6.07) is 6.33. The van der Waals surface area contributed by atoms with E-state index in [9.17, 15) is 8.42 Å². The molecule has 0 saturated carbocycles. The minimum absolute atomic E-state index is 0.0657. The van der Waals surface area contributed by atoms with Crippen LogP contribution in [0.5, 0.6) is 0 Å². The summed E-state index contributed by atoms with van der Waals surface area (Å²) in [4.78, 5) is 2.77. The molecule has 0 fully saturated rings. The summed E-state index contributed by atoms with van der Waals surface area (Å²) in [5.41, 5.74) is 0. The van der Waals surface area contributed by atoms with E-state index in [4.69, 9.17) is 4.55 Å². The van der Waals surface area contributed by atoms with Crippen LogP contribution in [0.4, 0.5) is 0 Å². The van der Waals surface area contributed by atoms with Gasteiger partial charge in [0.2, 0.25) is 0 Å². The number of rotatable bonds is 1. The lowest BCUT2D eigenvalue weighted by Gasteiger charge is -1.99. The third kappa shape index (κ3) is 1.47. The van der Waals surface area contributed by atoms with Crippen molar-refractivity contribution in [2.24, 2.45) is 0 Å². The van der Waals surface area contributed by atoms with Gasteiger partial charge in [-0.05, 0) is 12.1 Å². The van der Waals surface area contributed by atoms with Gasteiger partial charge in [-0.25, -0.2) is 4.98 Å². The second-order valence-corrected chi connectivity index (χ2v) is 4.27. The lowest BCUT2D eigenvalue weighted by Crippen LogP contribution is -2.02. The van der Waals surface area contributed by atoms with Crippen LogP contribution in [-0.4, -0.2) is 13.0 Å². The maximum atomic E-state index is 11.0. The van der Waals surface area contributed by atoms with Gasteiger partial charge in [0.1, 0.15) is 4.90 Å². The Hall–Kier alpha value is -1.46. The number of hydrogen-bond donors (Lipinski definition) is 1. The Labute approximate surface area is 81.0 Å². The third-order valence-corrected chi connectivity index (χ3v) is 2.87. The van der Waals surface area contributed by atoms with E-state index < -0.39 is 10.1 Å². The molecule has 0 radical (unpaired) electrons.